The van der Waals surface area contributed by atoms with Crippen molar-refractivity contribution in [1.29, 1.82) is 0 Å². The number of ether oxygens (including phenoxy) is 2. The second-order valence-electron chi connectivity index (χ2n) is 5.35. The number of methoxy groups -OCH3 is 2. The van der Waals surface area contributed by atoms with E-state index in [1.54, 1.807) is 39.3 Å². The quantitative estimate of drug-likeness (QED) is 0.697. The molecule has 0 amide bonds. The van der Waals surface area contributed by atoms with E-state index in [2.05, 4.69) is 0 Å². The molecule has 0 radical (unpaired) electrons. The molecule has 0 unspecified atom stereocenters. The van der Waals surface area contributed by atoms with Crippen LogP contribution in [-0.4, -0.2) is 24.2 Å². The predicted molar refractivity (Wildman–Crippen MR) is 80.3 cm³/mol. The van der Waals surface area contributed by atoms with Gasteiger partial charge in [-0.2, -0.15) is 4.73 Å². The molecule has 6 nitrogen and oxygen atoms in total. The minimum absolute atomic E-state index is 0.405. The van der Waals surface area contributed by atoms with Gasteiger partial charge in [0.05, 0.1) is 24.2 Å². The zero-order chi connectivity index (χ0) is 15.9. The van der Waals surface area contributed by atoms with Gasteiger partial charge in [-0.25, -0.2) is 0 Å². The minimum Gasteiger partial charge on any atom is -0.497 e. The van der Waals surface area contributed by atoms with Gasteiger partial charge in [0.2, 0.25) is 0 Å². The highest BCUT2D eigenvalue weighted by Gasteiger charge is 2.33. The number of hydrogen-bond acceptors (Lipinski definition) is 4. The number of hydrogen-bond donors (Lipinski definition) is 1. The molecule has 22 heavy (non-hydrogen) atoms. The summed E-state index contributed by atoms with van der Waals surface area (Å²) >= 11 is 0. The fourth-order valence-electron chi connectivity index (χ4n) is 3.04. The van der Waals surface area contributed by atoms with Crippen molar-refractivity contribution in [2.45, 2.75) is 26.2 Å². The Labute approximate surface area is 128 Å². The molecular formula is C16H19N2O4+. The molecule has 1 N–H and O–H groups in total. The molecular weight excluding hydrogens is 284 g/mol. The van der Waals surface area contributed by atoms with E-state index in [0.29, 0.717) is 46.3 Å². The van der Waals surface area contributed by atoms with Gasteiger partial charge in [-0.15, -0.1) is 0 Å². The maximum atomic E-state index is 12.8. The molecule has 2 aromatic rings. The van der Waals surface area contributed by atoms with Crippen LogP contribution >= 0.6 is 0 Å². The number of fused-ring (bicyclic) bond motifs is 1. The average molecular weight is 303 g/mol. The van der Waals surface area contributed by atoms with Gasteiger partial charge in [-0.05, 0) is 31.9 Å². The standard InChI is InChI=1S/C16H19N2O4/c1-10-16(12-8-7-11(21-2)9-15(12)22-3)18(20)14-6-4-5-13(14)17(10)19/h7-9,19H,4-6H2,1-3H3/q+1. The summed E-state index contributed by atoms with van der Waals surface area (Å²) in [6, 6.07) is 5.27. The highest BCUT2D eigenvalue weighted by molar-refractivity contribution is 5.68. The third-order valence-corrected chi connectivity index (χ3v) is 4.19. The molecule has 0 saturated carbocycles. The van der Waals surface area contributed by atoms with Crippen LogP contribution in [0.15, 0.2) is 18.2 Å². The highest BCUT2D eigenvalue weighted by Crippen LogP contribution is 2.34. The third kappa shape index (κ3) is 2.03. The lowest BCUT2D eigenvalue weighted by Gasteiger charge is -2.11. The average Bonchev–Trinajstić information content (AvgIpc) is 3.03. The molecule has 3 rings (SSSR count). The van der Waals surface area contributed by atoms with Crippen molar-refractivity contribution < 1.29 is 19.1 Å². The van der Waals surface area contributed by atoms with Gasteiger partial charge in [0.15, 0.2) is 0 Å². The van der Waals surface area contributed by atoms with E-state index in [-0.39, 0.29) is 0 Å². The van der Waals surface area contributed by atoms with Crippen LogP contribution in [0.5, 0.6) is 11.5 Å². The summed E-state index contributed by atoms with van der Waals surface area (Å²) in [5.74, 6) is 1.18. The third-order valence-electron chi connectivity index (χ3n) is 4.19. The molecule has 1 aliphatic carbocycles. The lowest BCUT2D eigenvalue weighted by molar-refractivity contribution is -0.494. The summed E-state index contributed by atoms with van der Waals surface area (Å²) in [5.41, 5.74) is 2.86. The zero-order valence-corrected chi connectivity index (χ0v) is 12.9. The molecule has 0 aliphatic heterocycles. The fourth-order valence-corrected chi connectivity index (χ4v) is 3.04. The summed E-state index contributed by atoms with van der Waals surface area (Å²) in [7, 11) is 3.12. The fraction of sp³-hybridized carbons (Fsp3) is 0.375. The van der Waals surface area contributed by atoms with Crippen LogP contribution in [0.1, 0.15) is 23.5 Å². The van der Waals surface area contributed by atoms with E-state index in [0.717, 1.165) is 22.0 Å². The van der Waals surface area contributed by atoms with Crippen molar-refractivity contribution in [1.82, 2.24) is 4.73 Å². The van der Waals surface area contributed by atoms with Gasteiger partial charge in [0.1, 0.15) is 22.9 Å². The van der Waals surface area contributed by atoms with Gasteiger partial charge < -0.3 is 14.7 Å². The molecule has 1 aromatic heterocycles. The largest absolute Gasteiger partial charge is 0.497 e. The van der Waals surface area contributed by atoms with Crippen LogP contribution in [-0.2, 0) is 12.8 Å². The van der Waals surface area contributed by atoms with Gasteiger partial charge >= 0.3 is 0 Å². The molecule has 0 fully saturated rings. The van der Waals surface area contributed by atoms with E-state index in [9.17, 15) is 10.1 Å². The van der Waals surface area contributed by atoms with E-state index in [1.165, 1.54) is 0 Å². The Morgan fingerprint density at radius 1 is 1.23 bits per heavy atom. The van der Waals surface area contributed by atoms with Crippen molar-refractivity contribution in [2.24, 2.45) is 0 Å². The Morgan fingerprint density at radius 3 is 2.68 bits per heavy atom. The highest BCUT2D eigenvalue weighted by atomic mass is 16.5. The predicted octanol–water partition coefficient (Wildman–Crippen LogP) is 2.12. The molecule has 0 bridgehead atoms. The van der Waals surface area contributed by atoms with Crippen molar-refractivity contribution in [3.8, 4) is 22.8 Å². The summed E-state index contributed by atoms with van der Waals surface area (Å²) in [5, 5.41) is 10.3. The van der Waals surface area contributed by atoms with Crippen LogP contribution in [0.3, 0.4) is 0 Å². The van der Waals surface area contributed by atoms with Crippen LogP contribution in [0.25, 0.3) is 11.3 Å². The van der Waals surface area contributed by atoms with Crippen LogP contribution in [0.4, 0.5) is 0 Å². The Bertz CT molecular complexity index is 796. The second kappa shape index (κ2) is 5.36. The smallest absolute Gasteiger partial charge is 0.296 e. The van der Waals surface area contributed by atoms with Crippen molar-refractivity contribution in [3.05, 3.63) is 40.2 Å². The molecule has 0 saturated heterocycles. The summed E-state index contributed by atoms with van der Waals surface area (Å²) in [4.78, 5) is 12.8. The van der Waals surface area contributed by atoms with E-state index in [4.69, 9.17) is 9.47 Å². The lowest BCUT2D eigenvalue weighted by atomic mass is 10.1. The first-order valence-electron chi connectivity index (χ1n) is 7.20. The molecule has 0 atom stereocenters. The number of benzene rings is 1. The normalized spacial score (nSPS) is 13.0. The van der Waals surface area contributed by atoms with Gasteiger partial charge in [-0.3, -0.25) is 0 Å². The maximum Gasteiger partial charge on any atom is 0.296 e. The van der Waals surface area contributed by atoms with E-state index in [1.807, 2.05) is 0 Å². The van der Waals surface area contributed by atoms with Crippen molar-refractivity contribution in [3.63, 3.8) is 0 Å². The first kappa shape index (κ1) is 14.4. The first-order valence-corrected chi connectivity index (χ1v) is 7.20. The molecule has 1 aromatic carbocycles. The molecule has 116 valence electrons. The van der Waals surface area contributed by atoms with Gasteiger partial charge in [0.25, 0.3) is 11.4 Å². The van der Waals surface area contributed by atoms with Crippen molar-refractivity contribution >= 4 is 0 Å². The summed E-state index contributed by atoms with van der Waals surface area (Å²) < 4.78 is 12.6. The first-order chi connectivity index (χ1) is 10.6. The van der Waals surface area contributed by atoms with Crippen LogP contribution in [0, 0.1) is 11.8 Å². The van der Waals surface area contributed by atoms with Crippen LogP contribution in [0.2, 0.25) is 0 Å². The van der Waals surface area contributed by atoms with E-state index < -0.39 is 0 Å². The molecule has 1 aliphatic rings. The summed E-state index contributed by atoms with van der Waals surface area (Å²) in [6.07, 6.45) is 2.26. The van der Waals surface area contributed by atoms with Gasteiger partial charge in [0, 0.05) is 17.4 Å². The SMILES string of the molecule is COc1ccc(-c2c(C)n(O)c3c([n+]2=O)CCC3)c(OC)c1. The summed E-state index contributed by atoms with van der Waals surface area (Å²) in [6.45, 7) is 1.73. The Morgan fingerprint density at radius 2 is 2.00 bits per heavy atom. The maximum absolute atomic E-state index is 12.8. The monoisotopic (exact) mass is 303 g/mol. The Hall–Kier alpha value is -2.50. The molecule has 6 heteroatoms. The Kier molecular flexibility index (Phi) is 3.52. The van der Waals surface area contributed by atoms with Crippen LogP contribution < -0.4 is 13.9 Å². The number of rotatable bonds is 3. The minimum atomic E-state index is 0.405. The Balaban J connectivity index is 2.30. The van der Waals surface area contributed by atoms with E-state index >= 15 is 0 Å². The topological polar surface area (TPSA) is 66.6 Å². The number of nitrogens with zero attached hydrogens (tertiary/aromatic N) is 2. The molecule has 1 heterocycles. The molecule has 0 spiro atoms. The number of aromatic nitrogens is 2. The lowest BCUT2D eigenvalue weighted by Crippen LogP contribution is -2.29. The van der Waals surface area contributed by atoms with Gasteiger partial charge in [-0.1, -0.05) is 0 Å². The van der Waals surface area contributed by atoms with Crippen molar-refractivity contribution in [2.75, 3.05) is 14.2 Å². The zero-order valence-electron chi connectivity index (χ0n) is 12.9. The second-order valence-corrected chi connectivity index (χ2v) is 5.35.